The molecular formula is C17H27BrClN3. The van der Waals surface area contributed by atoms with E-state index in [1.54, 1.807) is 0 Å². The van der Waals surface area contributed by atoms with Gasteiger partial charge in [0.2, 0.25) is 0 Å². The highest BCUT2D eigenvalue weighted by molar-refractivity contribution is 9.10. The van der Waals surface area contributed by atoms with Gasteiger partial charge in [-0.3, -0.25) is 4.90 Å². The summed E-state index contributed by atoms with van der Waals surface area (Å²) < 4.78 is 1.16. The molecule has 0 aliphatic carbocycles. The lowest BCUT2D eigenvalue weighted by molar-refractivity contribution is 0.107. The minimum Gasteiger partial charge on any atom is -0.317 e. The van der Waals surface area contributed by atoms with Crippen LogP contribution in [0.4, 0.5) is 0 Å². The molecule has 0 atom stereocenters. The standard InChI is InChI=1S/C17H26BrN3.ClH/c18-17-3-1-15(2-4-17)13-20-9-11-21(12-10-20)14-16-5-7-19-8-6-16;/h1-4,16,19H,5-14H2;1H. The van der Waals surface area contributed by atoms with Crippen LogP contribution in [-0.4, -0.2) is 55.6 Å². The minimum absolute atomic E-state index is 0. The van der Waals surface area contributed by atoms with E-state index in [-0.39, 0.29) is 12.4 Å². The number of nitrogens with zero attached hydrogens (tertiary/aromatic N) is 2. The highest BCUT2D eigenvalue weighted by atomic mass is 79.9. The first kappa shape index (κ1) is 18.2. The van der Waals surface area contributed by atoms with E-state index >= 15 is 0 Å². The monoisotopic (exact) mass is 387 g/mol. The molecule has 0 amide bonds. The molecule has 0 bridgehead atoms. The van der Waals surface area contributed by atoms with Crippen molar-refractivity contribution in [2.24, 2.45) is 5.92 Å². The van der Waals surface area contributed by atoms with E-state index in [9.17, 15) is 0 Å². The number of rotatable bonds is 4. The molecule has 2 aliphatic rings. The average molecular weight is 389 g/mol. The van der Waals surface area contributed by atoms with Gasteiger partial charge < -0.3 is 10.2 Å². The second kappa shape index (κ2) is 9.24. The van der Waals surface area contributed by atoms with Crippen LogP contribution in [-0.2, 0) is 6.54 Å². The van der Waals surface area contributed by atoms with Crippen molar-refractivity contribution in [1.29, 1.82) is 0 Å². The Morgan fingerprint density at radius 2 is 1.55 bits per heavy atom. The summed E-state index contributed by atoms with van der Waals surface area (Å²) in [4.78, 5) is 5.26. The first-order valence-corrected chi connectivity index (χ1v) is 8.99. The number of hydrogen-bond acceptors (Lipinski definition) is 3. The van der Waals surface area contributed by atoms with Gasteiger partial charge in [-0.2, -0.15) is 0 Å². The van der Waals surface area contributed by atoms with Gasteiger partial charge in [-0.15, -0.1) is 12.4 Å². The zero-order valence-corrected chi connectivity index (χ0v) is 15.5. The largest absolute Gasteiger partial charge is 0.317 e. The van der Waals surface area contributed by atoms with Gasteiger partial charge in [0.1, 0.15) is 0 Å². The summed E-state index contributed by atoms with van der Waals surface area (Å²) >= 11 is 3.50. The molecule has 22 heavy (non-hydrogen) atoms. The molecule has 3 rings (SSSR count). The van der Waals surface area contributed by atoms with E-state index in [4.69, 9.17) is 0 Å². The normalized spacial score (nSPS) is 21.5. The van der Waals surface area contributed by atoms with Crippen LogP contribution in [0.1, 0.15) is 18.4 Å². The number of halogens is 2. The zero-order valence-electron chi connectivity index (χ0n) is 13.1. The summed E-state index contributed by atoms with van der Waals surface area (Å²) in [6, 6.07) is 8.74. The smallest absolute Gasteiger partial charge is 0.0234 e. The van der Waals surface area contributed by atoms with E-state index < -0.39 is 0 Å². The molecule has 2 saturated heterocycles. The van der Waals surface area contributed by atoms with Crippen molar-refractivity contribution in [3.8, 4) is 0 Å². The molecular weight excluding hydrogens is 362 g/mol. The van der Waals surface area contributed by atoms with Crippen LogP contribution < -0.4 is 5.32 Å². The summed E-state index contributed by atoms with van der Waals surface area (Å²) in [5.41, 5.74) is 1.42. The van der Waals surface area contributed by atoms with Gasteiger partial charge in [-0.05, 0) is 49.5 Å². The summed E-state index contributed by atoms with van der Waals surface area (Å²) in [5.74, 6) is 0.921. The third-order valence-electron chi connectivity index (χ3n) is 4.76. The van der Waals surface area contributed by atoms with Gasteiger partial charge in [0, 0.05) is 43.7 Å². The maximum atomic E-state index is 3.50. The Labute approximate surface area is 149 Å². The fraction of sp³-hybridized carbons (Fsp3) is 0.647. The maximum absolute atomic E-state index is 3.50. The maximum Gasteiger partial charge on any atom is 0.0234 e. The number of benzene rings is 1. The Morgan fingerprint density at radius 1 is 0.955 bits per heavy atom. The first-order valence-electron chi connectivity index (χ1n) is 8.19. The van der Waals surface area contributed by atoms with Gasteiger partial charge in [-0.1, -0.05) is 28.1 Å². The highest BCUT2D eigenvalue weighted by Crippen LogP contribution is 2.16. The van der Waals surface area contributed by atoms with E-state index in [1.807, 2.05) is 0 Å². The Kier molecular flexibility index (Phi) is 7.65. The van der Waals surface area contributed by atoms with Crippen LogP contribution in [0.3, 0.4) is 0 Å². The second-order valence-electron chi connectivity index (χ2n) is 6.40. The van der Waals surface area contributed by atoms with Crippen molar-refractivity contribution in [1.82, 2.24) is 15.1 Å². The van der Waals surface area contributed by atoms with E-state index in [0.717, 1.165) is 16.9 Å². The second-order valence-corrected chi connectivity index (χ2v) is 7.31. The van der Waals surface area contributed by atoms with E-state index in [0.29, 0.717) is 0 Å². The quantitative estimate of drug-likeness (QED) is 0.855. The van der Waals surface area contributed by atoms with E-state index in [1.165, 1.54) is 64.2 Å². The lowest BCUT2D eigenvalue weighted by Gasteiger charge is -2.37. The predicted octanol–water partition coefficient (Wildman–Crippen LogP) is 2.99. The molecule has 0 unspecified atom stereocenters. The minimum atomic E-state index is 0. The molecule has 2 aliphatic heterocycles. The van der Waals surface area contributed by atoms with Crippen molar-refractivity contribution in [3.63, 3.8) is 0 Å². The lowest BCUT2D eigenvalue weighted by atomic mass is 9.97. The topological polar surface area (TPSA) is 18.5 Å². The summed E-state index contributed by atoms with van der Waals surface area (Å²) in [6.45, 7) is 9.73. The Morgan fingerprint density at radius 3 is 2.18 bits per heavy atom. The fourth-order valence-corrected chi connectivity index (χ4v) is 3.67. The molecule has 0 aromatic heterocycles. The molecule has 2 heterocycles. The number of piperidine rings is 1. The summed E-state index contributed by atoms with van der Waals surface area (Å²) in [6.07, 6.45) is 2.72. The molecule has 2 fully saturated rings. The van der Waals surface area contributed by atoms with Gasteiger partial charge in [0.25, 0.3) is 0 Å². The van der Waals surface area contributed by atoms with Gasteiger partial charge in [0.05, 0.1) is 0 Å². The lowest BCUT2D eigenvalue weighted by Crippen LogP contribution is -2.48. The van der Waals surface area contributed by atoms with Crippen LogP contribution in [0, 0.1) is 5.92 Å². The Hall–Kier alpha value is -0.130. The van der Waals surface area contributed by atoms with Crippen LogP contribution in [0.2, 0.25) is 0 Å². The molecule has 0 spiro atoms. The van der Waals surface area contributed by atoms with Crippen LogP contribution in [0.15, 0.2) is 28.7 Å². The summed E-state index contributed by atoms with van der Waals surface area (Å²) in [5, 5.41) is 3.46. The Balaban J connectivity index is 0.00000176. The van der Waals surface area contributed by atoms with Crippen LogP contribution in [0.5, 0.6) is 0 Å². The molecule has 0 radical (unpaired) electrons. The van der Waals surface area contributed by atoms with Gasteiger partial charge in [-0.25, -0.2) is 0 Å². The van der Waals surface area contributed by atoms with E-state index in [2.05, 4.69) is 55.3 Å². The third-order valence-corrected chi connectivity index (χ3v) is 5.29. The number of piperazine rings is 1. The van der Waals surface area contributed by atoms with Gasteiger partial charge in [0.15, 0.2) is 0 Å². The molecule has 124 valence electrons. The third kappa shape index (κ3) is 5.50. The van der Waals surface area contributed by atoms with Crippen molar-refractivity contribution in [2.75, 3.05) is 45.8 Å². The molecule has 1 aromatic rings. The predicted molar refractivity (Wildman–Crippen MR) is 98.7 cm³/mol. The molecule has 3 nitrogen and oxygen atoms in total. The SMILES string of the molecule is Brc1ccc(CN2CCN(CC3CCNCC3)CC2)cc1.Cl. The fourth-order valence-electron chi connectivity index (χ4n) is 3.41. The molecule has 1 aromatic carbocycles. The number of hydrogen-bond donors (Lipinski definition) is 1. The molecule has 0 saturated carbocycles. The molecule has 5 heteroatoms. The van der Waals surface area contributed by atoms with Crippen LogP contribution in [0.25, 0.3) is 0 Å². The Bertz CT molecular complexity index is 426. The summed E-state index contributed by atoms with van der Waals surface area (Å²) in [7, 11) is 0. The van der Waals surface area contributed by atoms with Crippen molar-refractivity contribution in [3.05, 3.63) is 34.3 Å². The van der Waals surface area contributed by atoms with Crippen molar-refractivity contribution < 1.29 is 0 Å². The first-order chi connectivity index (χ1) is 10.3. The highest BCUT2D eigenvalue weighted by Gasteiger charge is 2.21. The molecule has 1 N–H and O–H groups in total. The number of nitrogens with one attached hydrogen (secondary N) is 1. The average Bonchev–Trinajstić information content (AvgIpc) is 2.53. The van der Waals surface area contributed by atoms with Crippen LogP contribution >= 0.6 is 28.3 Å². The van der Waals surface area contributed by atoms with Crippen molar-refractivity contribution >= 4 is 28.3 Å². The van der Waals surface area contributed by atoms with Crippen molar-refractivity contribution in [2.45, 2.75) is 19.4 Å². The van der Waals surface area contributed by atoms with Gasteiger partial charge >= 0.3 is 0 Å². The zero-order chi connectivity index (χ0) is 14.5.